The van der Waals surface area contributed by atoms with Gasteiger partial charge in [-0.1, -0.05) is 12.1 Å². The molecule has 2 aromatic rings. The fourth-order valence-corrected chi connectivity index (χ4v) is 3.15. The van der Waals surface area contributed by atoms with Crippen LogP contribution in [0.15, 0.2) is 30.3 Å². The molecule has 2 aliphatic rings. The molecule has 8 heteroatoms. The Hall–Kier alpha value is -2.87. The Bertz CT molecular complexity index is 806. The standard InChI is InChI=1S/C19H24N6O2/c26-18(22-17-12-16(23-24-17)14-3-4-14)11-13-1-5-15(6-2-13)21-19(27)25-9-7-20-8-10-25/h1-2,5-6,12,14,20H,3-4,7-11H2,(H,21,27)(H2,22,23,24,26). The Kier molecular flexibility index (Phi) is 5.06. The first kappa shape index (κ1) is 17.5. The van der Waals surface area contributed by atoms with E-state index in [1.54, 1.807) is 4.90 Å². The zero-order chi connectivity index (χ0) is 18.6. The van der Waals surface area contributed by atoms with Crippen LogP contribution in [0.2, 0.25) is 0 Å². The van der Waals surface area contributed by atoms with Gasteiger partial charge in [0.05, 0.1) is 6.42 Å². The van der Waals surface area contributed by atoms with Gasteiger partial charge in [0.25, 0.3) is 0 Å². The number of nitrogens with one attached hydrogen (secondary N) is 4. The van der Waals surface area contributed by atoms with Gasteiger partial charge in [-0.25, -0.2) is 4.79 Å². The molecule has 1 aromatic carbocycles. The molecule has 0 radical (unpaired) electrons. The van der Waals surface area contributed by atoms with Crippen LogP contribution in [-0.4, -0.2) is 53.2 Å². The molecule has 0 bridgehead atoms. The quantitative estimate of drug-likeness (QED) is 0.647. The topological polar surface area (TPSA) is 102 Å². The number of amides is 3. The molecule has 8 nitrogen and oxygen atoms in total. The van der Waals surface area contributed by atoms with Crippen LogP contribution in [0.25, 0.3) is 0 Å². The largest absolute Gasteiger partial charge is 0.322 e. The van der Waals surface area contributed by atoms with Gasteiger partial charge in [0.1, 0.15) is 0 Å². The normalized spacial score (nSPS) is 16.8. The highest BCUT2D eigenvalue weighted by Gasteiger charge is 2.25. The van der Waals surface area contributed by atoms with Gasteiger partial charge in [-0.3, -0.25) is 9.89 Å². The predicted octanol–water partition coefficient (Wildman–Crippen LogP) is 1.91. The summed E-state index contributed by atoms with van der Waals surface area (Å²) in [5, 5.41) is 16.0. The van der Waals surface area contributed by atoms with Crippen LogP contribution >= 0.6 is 0 Å². The molecule has 1 aromatic heterocycles. The van der Waals surface area contributed by atoms with Crippen LogP contribution in [-0.2, 0) is 11.2 Å². The van der Waals surface area contributed by atoms with E-state index in [1.807, 2.05) is 30.3 Å². The highest BCUT2D eigenvalue weighted by atomic mass is 16.2. The molecule has 1 saturated carbocycles. The number of benzene rings is 1. The van der Waals surface area contributed by atoms with Gasteiger partial charge >= 0.3 is 6.03 Å². The van der Waals surface area contributed by atoms with Crippen molar-refractivity contribution in [3.63, 3.8) is 0 Å². The van der Waals surface area contributed by atoms with Gasteiger partial charge in [0.2, 0.25) is 5.91 Å². The Morgan fingerprint density at radius 3 is 2.56 bits per heavy atom. The monoisotopic (exact) mass is 368 g/mol. The molecule has 3 amide bonds. The van der Waals surface area contributed by atoms with Crippen LogP contribution in [0, 0.1) is 0 Å². The first-order valence-corrected chi connectivity index (χ1v) is 9.38. The second-order valence-corrected chi connectivity index (χ2v) is 7.07. The lowest BCUT2D eigenvalue weighted by Crippen LogP contribution is -2.48. The Morgan fingerprint density at radius 2 is 1.85 bits per heavy atom. The van der Waals surface area contributed by atoms with E-state index in [0.717, 1.165) is 30.0 Å². The molecule has 2 heterocycles. The maximum Gasteiger partial charge on any atom is 0.321 e. The van der Waals surface area contributed by atoms with Crippen molar-refractivity contribution in [2.45, 2.75) is 25.2 Å². The molecule has 2 fully saturated rings. The number of nitrogens with zero attached hydrogens (tertiary/aromatic N) is 2. The van der Waals surface area contributed by atoms with Crippen molar-refractivity contribution < 1.29 is 9.59 Å². The molecule has 0 spiro atoms. The SMILES string of the molecule is O=C(Cc1ccc(NC(=O)N2CCNCC2)cc1)Nc1cc(C2CC2)[nH]n1. The molecule has 1 aliphatic heterocycles. The van der Waals surface area contributed by atoms with E-state index in [9.17, 15) is 9.59 Å². The van der Waals surface area contributed by atoms with Crippen LogP contribution < -0.4 is 16.0 Å². The number of urea groups is 1. The van der Waals surface area contributed by atoms with Gasteiger partial charge in [-0.2, -0.15) is 5.10 Å². The molecule has 142 valence electrons. The number of hydrogen-bond donors (Lipinski definition) is 4. The van der Waals surface area contributed by atoms with Crippen molar-refractivity contribution in [1.29, 1.82) is 0 Å². The van der Waals surface area contributed by atoms with E-state index in [4.69, 9.17) is 0 Å². The first-order valence-electron chi connectivity index (χ1n) is 9.38. The predicted molar refractivity (Wildman–Crippen MR) is 103 cm³/mol. The van der Waals surface area contributed by atoms with Crippen molar-refractivity contribution in [2.24, 2.45) is 0 Å². The number of carbonyl (C=O) groups excluding carboxylic acids is 2. The van der Waals surface area contributed by atoms with Crippen molar-refractivity contribution in [3.8, 4) is 0 Å². The van der Waals surface area contributed by atoms with E-state index in [2.05, 4.69) is 26.1 Å². The summed E-state index contributed by atoms with van der Waals surface area (Å²) in [7, 11) is 0. The smallest absolute Gasteiger partial charge is 0.321 e. The number of aromatic nitrogens is 2. The summed E-state index contributed by atoms with van der Waals surface area (Å²) >= 11 is 0. The minimum atomic E-state index is -0.110. The van der Waals surface area contributed by atoms with Crippen LogP contribution in [0.1, 0.15) is 30.0 Å². The van der Waals surface area contributed by atoms with Crippen molar-refractivity contribution in [3.05, 3.63) is 41.6 Å². The lowest BCUT2D eigenvalue weighted by molar-refractivity contribution is -0.115. The average Bonchev–Trinajstić information content (AvgIpc) is 3.43. The molecule has 27 heavy (non-hydrogen) atoms. The lowest BCUT2D eigenvalue weighted by Gasteiger charge is -2.27. The number of piperazine rings is 1. The first-order chi connectivity index (χ1) is 13.2. The summed E-state index contributed by atoms with van der Waals surface area (Å²) in [6, 6.07) is 9.17. The molecular formula is C19H24N6O2. The average molecular weight is 368 g/mol. The third kappa shape index (κ3) is 4.65. The van der Waals surface area contributed by atoms with Gasteiger partial charge in [-0.15, -0.1) is 0 Å². The molecular weight excluding hydrogens is 344 g/mol. The van der Waals surface area contributed by atoms with Gasteiger partial charge in [-0.05, 0) is 30.5 Å². The maximum atomic E-state index is 12.2. The summed E-state index contributed by atoms with van der Waals surface area (Å²) in [5.74, 6) is 1.04. The molecule has 4 rings (SSSR count). The van der Waals surface area contributed by atoms with Crippen LogP contribution in [0.5, 0.6) is 0 Å². The van der Waals surface area contributed by atoms with E-state index in [-0.39, 0.29) is 18.4 Å². The molecule has 0 atom stereocenters. The summed E-state index contributed by atoms with van der Waals surface area (Å²) in [4.78, 5) is 26.2. The molecule has 1 saturated heterocycles. The van der Waals surface area contributed by atoms with Gasteiger partial charge < -0.3 is 20.9 Å². The zero-order valence-electron chi connectivity index (χ0n) is 15.1. The van der Waals surface area contributed by atoms with Gasteiger partial charge in [0.15, 0.2) is 5.82 Å². The van der Waals surface area contributed by atoms with Crippen LogP contribution in [0.4, 0.5) is 16.3 Å². The third-order valence-corrected chi connectivity index (χ3v) is 4.86. The summed E-state index contributed by atoms with van der Waals surface area (Å²) < 4.78 is 0. The number of H-pyrrole nitrogens is 1. The van der Waals surface area contributed by atoms with Crippen molar-refractivity contribution in [1.82, 2.24) is 20.4 Å². The van der Waals surface area contributed by atoms with Crippen LogP contribution in [0.3, 0.4) is 0 Å². The van der Waals surface area contributed by atoms with E-state index in [1.165, 1.54) is 12.8 Å². The number of anilines is 2. The second-order valence-electron chi connectivity index (χ2n) is 7.07. The fraction of sp³-hybridized carbons (Fsp3) is 0.421. The van der Waals surface area contributed by atoms with E-state index >= 15 is 0 Å². The fourth-order valence-electron chi connectivity index (χ4n) is 3.15. The van der Waals surface area contributed by atoms with Crippen molar-refractivity contribution >= 4 is 23.4 Å². The number of carbonyl (C=O) groups is 2. The lowest BCUT2D eigenvalue weighted by atomic mass is 10.1. The van der Waals surface area contributed by atoms with Gasteiger partial charge in [0, 0.05) is 49.5 Å². The third-order valence-electron chi connectivity index (χ3n) is 4.86. The van der Waals surface area contributed by atoms with Crippen molar-refractivity contribution in [2.75, 3.05) is 36.8 Å². The van der Waals surface area contributed by atoms with E-state index in [0.29, 0.717) is 24.8 Å². The summed E-state index contributed by atoms with van der Waals surface area (Å²) in [5.41, 5.74) is 2.70. The Labute approximate surface area is 157 Å². The Morgan fingerprint density at radius 1 is 1.11 bits per heavy atom. The minimum absolute atomic E-state index is 0.0907. The maximum absolute atomic E-state index is 12.2. The molecule has 1 aliphatic carbocycles. The Balaban J connectivity index is 1.27. The number of rotatable bonds is 5. The minimum Gasteiger partial charge on any atom is -0.322 e. The molecule has 4 N–H and O–H groups in total. The highest BCUT2D eigenvalue weighted by molar-refractivity contribution is 5.92. The number of aromatic amines is 1. The second kappa shape index (κ2) is 7.79. The highest BCUT2D eigenvalue weighted by Crippen LogP contribution is 2.39. The summed E-state index contributed by atoms with van der Waals surface area (Å²) in [6.07, 6.45) is 2.64. The summed E-state index contributed by atoms with van der Waals surface area (Å²) in [6.45, 7) is 3.05. The number of hydrogen-bond acceptors (Lipinski definition) is 4. The molecule has 0 unspecified atom stereocenters. The van der Waals surface area contributed by atoms with E-state index < -0.39 is 0 Å². The zero-order valence-corrected chi connectivity index (χ0v) is 15.1.